The number of hydrogen-bond acceptors (Lipinski definition) is 5. The Morgan fingerprint density at radius 1 is 1.42 bits per heavy atom. The van der Waals surface area contributed by atoms with Crippen LogP contribution in [0.25, 0.3) is 0 Å². The number of hydroxylamine groups is 1. The van der Waals surface area contributed by atoms with Crippen molar-refractivity contribution in [1.29, 1.82) is 0 Å². The molecule has 0 radical (unpaired) electrons. The van der Waals surface area contributed by atoms with Gasteiger partial charge in [-0.25, -0.2) is 9.87 Å². The molecule has 2 fully saturated rings. The molecule has 2 N–H and O–H groups in total. The molecule has 1 aromatic heterocycles. The fourth-order valence-corrected chi connectivity index (χ4v) is 5.49. The molecular weight excluding hydrogens is 335 g/mol. The molecule has 0 bridgehead atoms. The minimum absolute atomic E-state index is 0.123. The maximum Gasteiger partial charge on any atom is 0.276 e. The second-order valence-corrected chi connectivity index (χ2v) is 8.82. The van der Waals surface area contributed by atoms with Gasteiger partial charge in [0.1, 0.15) is 5.67 Å². The Labute approximate surface area is 153 Å². The Balaban J connectivity index is 1.41. The summed E-state index contributed by atoms with van der Waals surface area (Å²) < 4.78 is 14.6. The zero-order chi connectivity index (χ0) is 18.5. The van der Waals surface area contributed by atoms with Gasteiger partial charge in [0.25, 0.3) is 5.91 Å². The molecule has 1 aromatic rings. The first-order valence-electron chi connectivity index (χ1n) is 9.33. The van der Waals surface area contributed by atoms with Gasteiger partial charge in [0.05, 0.1) is 11.3 Å². The zero-order valence-corrected chi connectivity index (χ0v) is 15.5. The fourth-order valence-electron chi connectivity index (χ4n) is 5.49. The third-order valence-corrected chi connectivity index (χ3v) is 6.25. The summed E-state index contributed by atoms with van der Waals surface area (Å²) in [6.07, 6.45) is 5.14. The van der Waals surface area contributed by atoms with Crippen molar-refractivity contribution in [3.05, 3.63) is 29.1 Å². The lowest BCUT2D eigenvalue weighted by Gasteiger charge is -2.58. The molecule has 1 saturated heterocycles. The maximum atomic E-state index is 14.6. The highest BCUT2D eigenvalue weighted by atomic mass is 19.1. The van der Waals surface area contributed by atoms with Crippen molar-refractivity contribution in [1.82, 2.24) is 20.3 Å². The van der Waals surface area contributed by atoms with E-state index in [0.717, 1.165) is 50.2 Å². The van der Waals surface area contributed by atoms with Crippen LogP contribution in [0.5, 0.6) is 0 Å². The fraction of sp³-hybridized carbons (Fsp3) is 0.684. The molecule has 1 atom stereocenters. The summed E-state index contributed by atoms with van der Waals surface area (Å²) in [5.74, 6) is -0.528. The Bertz CT molecular complexity index is 717. The molecule has 0 aromatic carbocycles. The van der Waals surface area contributed by atoms with Gasteiger partial charge in [-0.2, -0.15) is 0 Å². The van der Waals surface area contributed by atoms with E-state index in [4.69, 9.17) is 5.21 Å². The summed E-state index contributed by atoms with van der Waals surface area (Å²) in [5, 5.41) is 8.76. The van der Waals surface area contributed by atoms with Gasteiger partial charge in [-0.1, -0.05) is 0 Å². The average Bonchev–Trinajstić information content (AvgIpc) is 2.56. The summed E-state index contributed by atoms with van der Waals surface area (Å²) in [7, 11) is 2.02. The Kier molecular flexibility index (Phi) is 4.28. The van der Waals surface area contributed by atoms with Crippen molar-refractivity contribution >= 4 is 5.91 Å². The Morgan fingerprint density at radius 3 is 2.88 bits per heavy atom. The highest BCUT2D eigenvalue weighted by Gasteiger charge is 2.53. The molecule has 1 amide bonds. The molecule has 2 aliphatic heterocycles. The number of alkyl halides is 1. The second-order valence-electron chi connectivity index (χ2n) is 8.82. The summed E-state index contributed by atoms with van der Waals surface area (Å²) in [4.78, 5) is 20.6. The van der Waals surface area contributed by atoms with Crippen LogP contribution in [0.4, 0.5) is 4.39 Å². The van der Waals surface area contributed by atoms with Crippen LogP contribution >= 0.6 is 0 Å². The number of carbonyl (C=O) groups is 1. The van der Waals surface area contributed by atoms with Crippen molar-refractivity contribution in [3.8, 4) is 0 Å². The first-order valence-corrected chi connectivity index (χ1v) is 9.33. The number of halogens is 1. The smallest absolute Gasteiger partial charge is 0.276 e. The number of fused-ring (bicyclic) bond motifs is 1. The number of piperidine rings is 1. The molecule has 26 heavy (non-hydrogen) atoms. The molecular formula is C19H27FN4O2. The van der Waals surface area contributed by atoms with E-state index < -0.39 is 11.6 Å². The first kappa shape index (κ1) is 17.8. The lowest BCUT2D eigenvalue weighted by molar-refractivity contribution is -0.0979. The van der Waals surface area contributed by atoms with E-state index >= 15 is 0 Å². The third kappa shape index (κ3) is 3.23. The molecule has 142 valence electrons. The summed E-state index contributed by atoms with van der Waals surface area (Å²) in [5.41, 5.74) is 3.15. The molecule has 1 aliphatic carbocycles. The third-order valence-electron chi connectivity index (χ3n) is 6.25. The van der Waals surface area contributed by atoms with E-state index in [1.807, 2.05) is 13.1 Å². The Morgan fingerprint density at radius 2 is 2.19 bits per heavy atom. The van der Waals surface area contributed by atoms with Gasteiger partial charge < -0.3 is 4.90 Å². The van der Waals surface area contributed by atoms with Crippen LogP contribution in [0.1, 0.15) is 47.8 Å². The Hall–Kier alpha value is -1.57. The normalized spacial score (nSPS) is 35.0. The number of carbonyl (C=O) groups excluding carboxylic acids is 1. The second kappa shape index (κ2) is 6.25. The molecule has 1 unspecified atom stereocenters. The van der Waals surface area contributed by atoms with E-state index in [1.54, 1.807) is 12.4 Å². The molecule has 6 nitrogen and oxygen atoms in total. The van der Waals surface area contributed by atoms with Gasteiger partial charge in [0.15, 0.2) is 0 Å². The number of pyridine rings is 1. The van der Waals surface area contributed by atoms with Crippen LogP contribution in [0.3, 0.4) is 0 Å². The number of rotatable bonds is 2. The number of nitrogens with one attached hydrogen (secondary N) is 1. The summed E-state index contributed by atoms with van der Waals surface area (Å²) in [6, 6.07) is 2.31. The van der Waals surface area contributed by atoms with Gasteiger partial charge in [0, 0.05) is 38.4 Å². The molecule has 3 heterocycles. The number of aromatic nitrogens is 1. The van der Waals surface area contributed by atoms with Crippen molar-refractivity contribution in [2.45, 2.75) is 50.9 Å². The number of likely N-dealkylation sites (tertiary alicyclic amines) is 1. The number of hydrogen-bond donors (Lipinski definition) is 2. The highest BCUT2D eigenvalue weighted by molar-refractivity contribution is 5.93. The SMILES string of the molecule is CN1CC(C)(F)CC2(CC(N3CCc4cc(C(=O)NO)cnc4C3)C2)C1. The van der Waals surface area contributed by atoms with Gasteiger partial charge >= 0.3 is 0 Å². The van der Waals surface area contributed by atoms with E-state index in [0.29, 0.717) is 24.6 Å². The van der Waals surface area contributed by atoms with Crippen LogP contribution in [0.15, 0.2) is 12.3 Å². The van der Waals surface area contributed by atoms with E-state index in [9.17, 15) is 9.18 Å². The predicted octanol–water partition coefficient (Wildman–Crippen LogP) is 1.77. The first-order chi connectivity index (χ1) is 12.3. The van der Waals surface area contributed by atoms with E-state index in [1.165, 1.54) is 6.20 Å². The molecule has 1 spiro atoms. The van der Waals surface area contributed by atoms with Crippen molar-refractivity contribution in [2.75, 3.05) is 26.7 Å². The largest absolute Gasteiger partial charge is 0.303 e. The van der Waals surface area contributed by atoms with Crippen LogP contribution in [-0.2, 0) is 13.0 Å². The molecule has 4 rings (SSSR count). The predicted molar refractivity (Wildman–Crippen MR) is 94.7 cm³/mol. The number of nitrogens with zero attached hydrogens (tertiary/aromatic N) is 3. The molecule has 7 heteroatoms. The topological polar surface area (TPSA) is 68.7 Å². The minimum Gasteiger partial charge on any atom is -0.303 e. The van der Waals surface area contributed by atoms with Crippen LogP contribution < -0.4 is 5.48 Å². The van der Waals surface area contributed by atoms with Gasteiger partial charge in [-0.3, -0.25) is 19.9 Å². The molecule has 1 saturated carbocycles. The summed E-state index contributed by atoms with van der Waals surface area (Å²) >= 11 is 0. The van der Waals surface area contributed by atoms with Crippen molar-refractivity contribution < 1.29 is 14.4 Å². The lowest BCUT2D eigenvalue weighted by Crippen LogP contribution is -2.61. The number of amides is 1. The van der Waals surface area contributed by atoms with Gasteiger partial charge in [0.2, 0.25) is 0 Å². The zero-order valence-electron chi connectivity index (χ0n) is 15.5. The quantitative estimate of drug-likeness (QED) is 0.620. The van der Waals surface area contributed by atoms with Crippen LogP contribution in [-0.4, -0.2) is 64.3 Å². The lowest BCUT2D eigenvalue weighted by atomic mass is 9.58. The summed E-state index contributed by atoms with van der Waals surface area (Å²) in [6.45, 7) is 4.97. The monoisotopic (exact) mass is 362 g/mol. The minimum atomic E-state index is -1.09. The molecule has 3 aliphatic rings. The van der Waals surface area contributed by atoms with Crippen LogP contribution in [0, 0.1) is 5.41 Å². The van der Waals surface area contributed by atoms with Gasteiger partial charge in [-0.15, -0.1) is 0 Å². The highest BCUT2D eigenvalue weighted by Crippen LogP contribution is 2.52. The standard InChI is InChI=1S/C19H27FN4O2/c1-18(20)10-19(12-23(2)11-18)6-15(7-19)24-4-3-13-5-14(17(25)22-26)8-21-16(13)9-24/h5,8,15,26H,3-4,6-7,9-12H2,1-2H3,(H,22,25). The van der Waals surface area contributed by atoms with E-state index in [-0.39, 0.29) is 5.41 Å². The van der Waals surface area contributed by atoms with E-state index in [2.05, 4.69) is 14.8 Å². The average molecular weight is 362 g/mol. The van der Waals surface area contributed by atoms with Crippen molar-refractivity contribution in [2.24, 2.45) is 5.41 Å². The van der Waals surface area contributed by atoms with Gasteiger partial charge in [-0.05, 0) is 56.7 Å². The maximum absolute atomic E-state index is 14.6. The van der Waals surface area contributed by atoms with Crippen molar-refractivity contribution in [3.63, 3.8) is 0 Å². The van der Waals surface area contributed by atoms with Crippen LogP contribution in [0.2, 0.25) is 0 Å².